The monoisotopic (exact) mass is 655 g/mol. The molecule has 4 bridgehead atoms. The molecule has 1 aromatic carbocycles. The third-order valence-corrected chi connectivity index (χ3v) is 9.83. The minimum atomic E-state index is -0.523. The van der Waals surface area contributed by atoms with Crippen molar-refractivity contribution >= 4 is 39.5 Å². The van der Waals surface area contributed by atoms with E-state index in [2.05, 4.69) is 15.2 Å². The second-order valence-corrected chi connectivity index (χ2v) is 13.1. The first-order chi connectivity index (χ1) is 23.3. The third-order valence-electron chi connectivity index (χ3n) is 9.83. The number of hydrogen-bond acceptors (Lipinski definition) is 10. The van der Waals surface area contributed by atoms with E-state index in [1.165, 1.54) is 12.1 Å². The second-order valence-electron chi connectivity index (χ2n) is 13.1. The van der Waals surface area contributed by atoms with E-state index in [-0.39, 0.29) is 36.4 Å². The number of methoxy groups -OCH3 is 1. The van der Waals surface area contributed by atoms with Crippen molar-refractivity contribution in [3.05, 3.63) is 59.9 Å². The number of nitrogens with zero attached hydrogens (tertiary/aromatic N) is 8. The van der Waals surface area contributed by atoms with Gasteiger partial charge in [0.2, 0.25) is 5.91 Å². The first-order valence-corrected chi connectivity index (χ1v) is 16.3. The van der Waals surface area contributed by atoms with Crippen LogP contribution in [0.5, 0.6) is 0 Å². The van der Waals surface area contributed by atoms with Crippen LogP contribution in [-0.4, -0.2) is 104 Å². The lowest BCUT2D eigenvalue weighted by atomic mass is 10.1. The Morgan fingerprint density at radius 1 is 1.12 bits per heavy atom. The largest absolute Gasteiger partial charge is 0.396 e. The fraction of sp³-hybridized carbons (Fsp3) is 0.441. The highest BCUT2D eigenvalue weighted by atomic mass is 19.1. The van der Waals surface area contributed by atoms with Crippen molar-refractivity contribution in [2.24, 2.45) is 5.92 Å². The zero-order valence-electron chi connectivity index (χ0n) is 27.1. The van der Waals surface area contributed by atoms with Gasteiger partial charge in [0.15, 0.2) is 0 Å². The highest BCUT2D eigenvalue weighted by molar-refractivity contribution is 5.95. The van der Waals surface area contributed by atoms with Crippen molar-refractivity contribution in [2.45, 2.75) is 51.2 Å². The predicted molar refractivity (Wildman–Crippen MR) is 177 cm³/mol. The number of benzene rings is 1. The summed E-state index contributed by atoms with van der Waals surface area (Å²) in [6.45, 7) is 4.43. The maximum Gasteiger partial charge on any atom is 0.245 e. The van der Waals surface area contributed by atoms with Crippen LogP contribution in [0.2, 0.25) is 0 Å². The Kier molecular flexibility index (Phi) is 7.73. The molecule has 1 amide bonds. The summed E-state index contributed by atoms with van der Waals surface area (Å²) >= 11 is 0. The number of rotatable bonds is 3. The van der Waals surface area contributed by atoms with Crippen molar-refractivity contribution < 1.29 is 23.8 Å². The number of halogens is 1. The van der Waals surface area contributed by atoms with Crippen LogP contribution >= 0.6 is 0 Å². The number of amides is 1. The van der Waals surface area contributed by atoms with Crippen LogP contribution < -0.4 is 10.2 Å². The molecule has 13 nitrogen and oxygen atoms in total. The number of imidazole rings is 1. The van der Waals surface area contributed by atoms with Gasteiger partial charge in [0.1, 0.15) is 29.3 Å². The van der Waals surface area contributed by atoms with E-state index in [4.69, 9.17) is 24.5 Å². The van der Waals surface area contributed by atoms with E-state index in [1.54, 1.807) is 25.3 Å². The molecule has 5 aromatic rings. The SMILES string of the molecule is CO[C@H]1CN(C)C(=O)[C@@H]2C[C@@H](CN2c2ncc3c4c2cnn4CC(CO)COC3)Nc2cccc(n2)-c2cc(F)cc3nc(C)n(c23)C1. The number of aromatic nitrogens is 6. The van der Waals surface area contributed by atoms with Gasteiger partial charge in [-0.25, -0.2) is 19.3 Å². The molecule has 8 rings (SSSR count). The maximum absolute atomic E-state index is 15.0. The Bertz CT molecular complexity index is 2030. The number of hydrogen-bond donors (Lipinski definition) is 2. The molecule has 1 unspecified atom stereocenters. The fourth-order valence-corrected chi connectivity index (χ4v) is 7.49. The molecule has 7 heterocycles. The number of carbonyl (C=O) groups is 1. The van der Waals surface area contributed by atoms with Crippen molar-refractivity contribution in [3.63, 3.8) is 0 Å². The average molecular weight is 656 g/mol. The number of aliphatic hydroxyl groups excluding tert-OH is 1. The zero-order valence-corrected chi connectivity index (χ0v) is 27.1. The molecule has 0 radical (unpaired) electrons. The van der Waals surface area contributed by atoms with Gasteiger partial charge >= 0.3 is 0 Å². The summed E-state index contributed by atoms with van der Waals surface area (Å²) in [7, 11) is 3.44. The van der Waals surface area contributed by atoms with Crippen LogP contribution in [0.1, 0.15) is 17.8 Å². The number of aliphatic hydroxyl groups is 1. The van der Waals surface area contributed by atoms with Crippen molar-refractivity contribution in [1.29, 1.82) is 0 Å². The molecule has 1 saturated heterocycles. The molecule has 3 aliphatic heterocycles. The molecule has 4 aromatic heterocycles. The predicted octanol–water partition coefficient (Wildman–Crippen LogP) is 2.98. The van der Waals surface area contributed by atoms with Crippen LogP contribution in [0.4, 0.5) is 16.0 Å². The van der Waals surface area contributed by atoms with Crippen LogP contribution in [0.15, 0.2) is 42.7 Å². The van der Waals surface area contributed by atoms with E-state index >= 15 is 0 Å². The van der Waals surface area contributed by atoms with Gasteiger partial charge in [0.05, 0.1) is 59.7 Å². The van der Waals surface area contributed by atoms with Gasteiger partial charge in [-0.3, -0.25) is 9.48 Å². The highest BCUT2D eigenvalue weighted by Gasteiger charge is 2.41. The summed E-state index contributed by atoms with van der Waals surface area (Å²) in [6.07, 6.45) is 3.75. The Morgan fingerprint density at radius 2 is 2.00 bits per heavy atom. The van der Waals surface area contributed by atoms with E-state index in [9.17, 15) is 14.3 Å². The number of anilines is 2. The van der Waals surface area contributed by atoms with Crippen LogP contribution in [0.25, 0.3) is 33.2 Å². The summed E-state index contributed by atoms with van der Waals surface area (Å²) in [5.74, 6) is 1.50. The standard InChI is InChI=1S/C34H38FN9O4/c1-19-38-28-8-22(35)7-25-27-5-4-6-30(40-27)39-23-9-29(34(46)41(2)14-24(47-3)15-42(19)32(25)28)43(13-23)33-26-11-37-44-12-20(16-45)17-48-18-21(10-36-33)31(26)44/h4-8,10-11,20,23-24,29,45H,9,12-18H2,1-3H3,(H,39,40)/t20?,23-,24-,29-/m0/s1. The van der Waals surface area contributed by atoms with Crippen LogP contribution in [0.3, 0.4) is 0 Å². The van der Waals surface area contributed by atoms with Crippen molar-refractivity contribution in [3.8, 4) is 11.3 Å². The second kappa shape index (κ2) is 12.1. The molecule has 2 N–H and O–H groups in total. The molecule has 48 heavy (non-hydrogen) atoms. The van der Waals surface area contributed by atoms with Crippen LogP contribution in [0, 0.1) is 18.7 Å². The van der Waals surface area contributed by atoms with Crippen molar-refractivity contribution in [2.75, 3.05) is 50.7 Å². The van der Waals surface area contributed by atoms with Crippen molar-refractivity contribution in [1.82, 2.24) is 34.2 Å². The molecule has 250 valence electrons. The van der Waals surface area contributed by atoms with Gasteiger partial charge in [-0.05, 0) is 31.5 Å². The quantitative estimate of drug-likeness (QED) is 0.299. The van der Waals surface area contributed by atoms with E-state index in [1.807, 2.05) is 40.6 Å². The lowest BCUT2D eigenvalue weighted by Crippen LogP contribution is -2.47. The summed E-state index contributed by atoms with van der Waals surface area (Å²) in [5.41, 5.74) is 4.38. The van der Waals surface area contributed by atoms with Gasteiger partial charge in [0, 0.05) is 75.7 Å². The molecule has 0 aliphatic carbocycles. The number of ether oxygens (including phenoxy) is 2. The van der Waals surface area contributed by atoms with E-state index in [0.717, 1.165) is 22.0 Å². The average Bonchev–Trinajstić information content (AvgIpc) is 3.77. The van der Waals surface area contributed by atoms with Gasteiger partial charge in [0.25, 0.3) is 0 Å². The van der Waals surface area contributed by atoms with Gasteiger partial charge < -0.3 is 34.3 Å². The summed E-state index contributed by atoms with van der Waals surface area (Å²) in [6, 6.07) is 7.93. The molecule has 1 fully saturated rings. The Balaban J connectivity index is 1.22. The topological polar surface area (TPSA) is 136 Å². The lowest BCUT2D eigenvalue weighted by Gasteiger charge is -2.31. The van der Waals surface area contributed by atoms with Crippen LogP contribution in [-0.2, 0) is 34.0 Å². The summed E-state index contributed by atoms with van der Waals surface area (Å²) in [4.78, 5) is 32.7. The number of pyridine rings is 2. The zero-order chi connectivity index (χ0) is 33.1. The molecular weight excluding hydrogens is 617 g/mol. The molecular formula is C34H38FN9O4. The van der Waals surface area contributed by atoms with E-state index in [0.29, 0.717) is 80.0 Å². The lowest BCUT2D eigenvalue weighted by molar-refractivity contribution is -0.132. The van der Waals surface area contributed by atoms with E-state index < -0.39 is 6.04 Å². The molecule has 3 aliphatic rings. The maximum atomic E-state index is 15.0. The Hall–Kier alpha value is -4.66. The number of likely N-dealkylation sites (N-methyl/N-ethyl adjacent to an activating group) is 1. The molecule has 0 spiro atoms. The number of nitrogens with one attached hydrogen (secondary N) is 1. The first-order valence-electron chi connectivity index (χ1n) is 16.3. The van der Waals surface area contributed by atoms with Gasteiger partial charge in [-0.15, -0.1) is 0 Å². The fourth-order valence-electron chi connectivity index (χ4n) is 7.49. The van der Waals surface area contributed by atoms with Gasteiger partial charge in [-0.2, -0.15) is 5.10 Å². The summed E-state index contributed by atoms with van der Waals surface area (Å²) < 4.78 is 30.7. The van der Waals surface area contributed by atoms with Gasteiger partial charge in [-0.1, -0.05) is 6.07 Å². The summed E-state index contributed by atoms with van der Waals surface area (Å²) in [5, 5.41) is 19.0. The number of aryl methyl sites for hydroxylation is 1. The first kappa shape index (κ1) is 30.7. The molecule has 0 saturated carbocycles. The Morgan fingerprint density at radius 3 is 2.83 bits per heavy atom. The number of fused-ring (bicyclic) bond motifs is 5. The smallest absolute Gasteiger partial charge is 0.245 e. The molecule has 14 heteroatoms. The highest BCUT2D eigenvalue weighted by Crippen LogP contribution is 2.36. The Labute approximate surface area is 276 Å². The minimum absolute atomic E-state index is 0.000528. The molecule has 4 atom stereocenters. The third kappa shape index (κ3) is 5.24. The normalized spacial score (nSPS) is 23.1. The minimum Gasteiger partial charge on any atom is -0.396 e. The number of carbonyl (C=O) groups excluding carboxylic acids is 1.